The van der Waals surface area contributed by atoms with Gasteiger partial charge in [0.2, 0.25) is 0 Å². The van der Waals surface area contributed by atoms with Crippen LogP contribution >= 0.6 is 0 Å². The molecule has 0 aliphatic rings. The first kappa shape index (κ1) is 12.0. The monoisotopic (exact) mass is 208 g/mol. The molecule has 0 amide bonds. The van der Waals surface area contributed by atoms with Gasteiger partial charge >= 0.3 is 0 Å². The summed E-state index contributed by atoms with van der Waals surface area (Å²) in [6.45, 7) is 8.14. The molecular weight excluding hydrogens is 188 g/mol. The maximum Gasteiger partial charge on any atom is 0.138 e. The lowest BCUT2D eigenvalue weighted by atomic mass is 10.1. The first-order chi connectivity index (χ1) is 6.94. The number of nitrogens with two attached hydrogens (primary N) is 1. The lowest BCUT2D eigenvalue weighted by molar-refractivity contribution is 0.105. The Morgan fingerprint density at radius 3 is 2.53 bits per heavy atom. The lowest BCUT2D eigenvalue weighted by Gasteiger charge is -2.24. The van der Waals surface area contributed by atoms with Gasteiger partial charge < -0.3 is 10.5 Å². The van der Waals surface area contributed by atoms with E-state index >= 15 is 0 Å². The summed E-state index contributed by atoms with van der Waals surface area (Å²) in [5, 5.41) is 0. The first-order valence-corrected chi connectivity index (χ1v) is 5.35. The maximum absolute atomic E-state index is 5.78. The number of rotatable bonds is 4. The lowest BCUT2D eigenvalue weighted by Crippen LogP contribution is -2.26. The van der Waals surface area contributed by atoms with Crippen molar-refractivity contribution < 1.29 is 4.74 Å². The van der Waals surface area contributed by atoms with Crippen LogP contribution in [-0.2, 0) is 0 Å². The van der Waals surface area contributed by atoms with Crippen LogP contribution in [0.5, 0.6) is 5.75 Å². The zero-order valence-corrected chi connectivity index (χ0v) is 9.95. The molecule has 1 aromatic rings. The van der Waals surface area contributed by atoms with E-state index in [1.807, 2.05) is 19.1 Å². The molecule has 1 aromatic heterocycles. The topological polar surface area (TPSA) is 48.1 Å². The molecule has 0 aliphatic heterocycles. The van der Waals surface area contributed by atoms with Gasteiger partial charge in [0, 0.05) is 6.04 Å². The van der Waals surface area contributed by atoms with Crippen LogP contribution in [0.1, 0.15) is 45.9 Å². The molecule has 3 nitrogen and oxygen atoms in total. The number of hydrogen-bond donors (Lipinski definition) is 1. The minimum atomic E-state index is -0.141. The Balaban J connectivity index is 2.73. The van der Waals surface area contributed by atoms with Gasteiger partial charge in [-0.25, -0.2) is 0 Å². The van der Waals surface area contributed by atoms with Gasteiger partial charge in [0.05, 0.1) is 11.9 Å². The van der Waals surface area contributed by atoms with Crippen LogP contribution in [0.3, 0.4) is 0 Å². The van der Waals surface area contributed by atoms with Crippen LogP contribution in [0.15, 0.2) is 18.3 Å². The molecule has 0 aromatic carbocycles. The molecule has 3 heteroatoms. The second-order valence-corrected chi connectivity index (χ2v) is 4.42. The zero-order chi connectivity index (χ0) is 11.5. The third-order valence-corrected chi connectivity index (χ3v) is 2.47. The number of nitrogens with zero attached hydrogens (tertiary/aromatic N) is 1. The molecule has 2 N–H and O–H groups in total. The van der Waals surface area contributed by atoms with Crippen LogP contribution in [0.4, 0.5) is 0 Å². The average Bonchev–Trinajstić information content (AvgIpc) is 2.18. The van der Waals surface area contributed by atoms with Crippen molar-refractivity contribution in [3.05, 3.63) is 24.0 Å². The Kier molecular flexibility index (Phi) is 3.69. The van der Waals surface area contributed by atoms with Crippen LogP contribution < -0.4 is 10.5 Å². The summed E-state index contributed by atoms with van der Waals surface area (Å²) in [5.41, 5.74) is 6.46. The van der Waals surface area contributed by atoms with Gasteiger partial charge in [-0.1, -0.05) is 6.92 Å². The molecule has 0 saturated heterocycles. The van der Waals surface area contributed by atoms with Crippen molar-refractivity contribution in [2.45, 2.75) is 45.8 Å². The predicted octanol–water partition coefficient (Wildman–Crippen LogP) is 2.67. The number of aromatic nitrogens is 1. The van der Waals surface area contributed by atoms with Crippen molar-refractivity contribution in [1.82, 2.24) is 4.98 Å². The van der Waals surface area contributed by atoms with E-state index in [0.717, 1.165) is 17.9 Å². The van der Waals surface area contributed by atoms with Crippen LogP contribution in [0.2, 0.25) is 0 Å². The van der Waals surface area contributed by atoms with E-state index in [1.54, 1.807) is 6.20 Å². The summed E-state index contributed by atoms with van der Waals surface area (Å²) in [6.07, 6.45) is 2.69. The Labute approximate surface area is 91.7 Å². The Hall–Kier alpha value is -1.09. The molecule has 1 rings (SSSR count). The summed E-state index contributed by atoms with van der Waals surface area (Å²) in [6, 6.07) is 3.80. The molecule has 0 unspecified atom stereocenters. The van der Waals surface area contributed by atoms with Crippen LogP contribution in [0, 0.1) is 0 Å². The largest absolute Gasteiger partial charge is 0.486 e. The predicted molar refractivity (Wildman–Crippen MR) is 61.8 cm³/mol. The van der Waals surface area contributed by atoms with E-state index in [0.29, 0.717) is 0 Å². The normalized spacial score (nSPS) is 13.7. The smallest absolute Gasteiger partial charge is 0.138 e. The Morgan fingerprint density at radius 1 is 1.47 bits per heavy atom. The van der Waals surface area contributed by atoms with Gasteiger partial charge in [0.25, 0.3) is 0 Å². The summed E-state index contributed by atoms with van der Waals surface area (Å²) in [4.78, 5) is 4.25. The van der Waals surface area contributed by atoms with E-state index < -0.39 is 0 Å². The van der Waals surface area contributed by atoms with Gasteiger partial charge in [-0.3, -0.25) is 4.98 Å². The molecule has 0 radical (unpaired) electrons. The van der Waals surface area contributed by atoms with Crippen molar-refractivity contribution >= 4 is 0 Å². The van der Waals surface area contributed by atoms with E-state index in [9.17, 15) is 0 Å². The number of hydrogen-bond acceptors (Lipinski definition) is 3. The van der Waals surface area contributed by atoms with Crippen molar-refractivity contribution in [2.75, 3.05) is 0 Å². The minimum absolute atomic E-state index is 0.0294. The molecule has 0 saturated carbocycles. The third kappa shape index (κ3) is 3.51. The fraction of sp³-hybridized carbons (Fsp3) is 0.583. The highest BCUT2D eigenvalue weighted by Crippen LogP contribution is 2.20. The fourth-order valence-electron chi connectivity index (χ4n) is 1.11. The molecule has 0 bridgehead atoms. The van der Waals surface area contributed by atoms with E-state index in [4.69, 9.17) is 10.5 Å². The minimum Gasteiger partial charge on any atom is -0.486 e. The molecule has 0 fully saturated rings. The molecular formula is C12H20N2O. The van der Waals surface area contributed by atoms with Gasteiger partial charge in [-0.2, -0.15) is 0 Å². The van der Waals surface area contributed by atoms with Gasteiger partial charge in [-0.05, 0) is 39.3 Å². The fourth-order valence-corrected chi connectivity index (χ4v) is 1.11. The summed E-state index contributed by atoms with van der Waals surface area (Å²) in [7, 11) is 0. The van der Waals surface area contributed by atoms with E-state index in [-0.39, 0.29) is 11.6 Å². The highest BCUT2D eigenvalue weighted by atomic mass is 16.5. The second kappa shape index (κ2) is 4.62. The van der Waals surface area contributed by atoms with Crippen LogP contribution in [-0.4, -0.2) is 10.6 Å². The Morgan fingerprint density at radius 2 is 2.13 bits per heavy atom. The van der Waals surface area contributed by atoms with E-state index in [1.165, 1.54) is 0 Å². The average molecular weight is 208 g/mol. The van der Waals surface area contributed by atoms with E-state index in [2.05, 4.69) is 25.8 Å². The number of pyridine rings is 1. The molecule has 0 spiro atoms. The summed E-state index contributed by atoms with van der Waals surface area (Å²) < 4.78 is 5.78. The standard InChI is InChI=1S/C12H20N2O/c1-5-12(3,4)15-10-6-7-11(9(2)13)14-8-10/h6-9H,5,13H2,1-4H3/t9-/m1/s1. The van der Waals surface area contributed by atoms with Gasteiger partial charge in [0.15, 0.2) is 0 Å². The SMILES string of the molecule is CCC(C)(C)Oc1ccc([C@@H](C)N)nc1. The molecule has 1 atom stereocenters. The number of ether oxygens (including phenoxy) is 1. The van der Waals surface area contributed by atoms with Gasteiger partial charge in [-0.15, -0.1) is 0 Å². The Bertz CT molecular complexity index is 304. The van der Waals surface area contributed by atoms with Crippen molar-refractivity contribution in [1.29, 1.82) is 0 Å². The molecule has 0 aliphatic carbocycles. The summed E-state index contributed by atoms with van der Waals surface area (Å²) in [5.74, 6) is 0.797. The highest BCUT2D eigenvalue weighted by molar-refractivity contribution is 5.21. The molecule has 84 valence electrons. The van der Waals surface area contributed by atoms with Crippen LogP contribution in [0.25, 0.3) is 0 Å². The van der Waals surface area contributed by atoms with Crippen molar-refractivity contribution in [3.8, 4) is 5.75 Å². The van der Waals surface area contributed by atoms with Crippen molar-refractivity contribution in [2.24, 2.45) is 5.73 Å². The molecule has 1 heterocycles. The maximum atomic E-state index is 5.78. The molecule has 15 heavy (non-hydrogen) atoms. The van der Waals surface area contributed by atoms with Gasteiger partial charge in [0.1, 0.15) is 11.4 Å². The first-order valence-electron chi connectivity index (χ1n) is 5.35. The quantitative estimate of drug-likeness (QED) is 0.827. The zero-order valence-electron chi connectivity index (χ0n) is 9.95. The van der Waals surface area contributed by atoms with Crippen molar-refractivity contribution in [3.63, 3.8) is 0 Å². The third-order valence-electron chi connectivity index (χ3n) is 2.47. The summed E-state index contributed by atoms with van der Waals surface area (Å²) >= 11 is 0. The highest BCUT2D eigenvalue weighted by Gasteiger charge is 2.16. The second-order valence-electron chi connectivity index (χ2n) is 4.42.